The molecule has 1 unspecified atom stereocenters. The van der Waals surface area contributed by atoms with E-state index in [0.717, 1.165) is 63.1 Å². The Morgan fingerprint density at radius 3 is 2.78 bits per heavy atom. The van der Waals surface area contributed by atoms with Crippen molar-refractivity contribution in [3.63, 3.8) is 0 Å². The Morgan fingerprint density at radius 1 is 1.26 bits per heavy atom. The molecule has 1 N–H and O–H groups in total. The van der Waals surface area contributed by atoms with Gasteiger partial charge in [0.15, 0.2) is 0 Å². The van der Waals surface area contributed by atoms with Crippen molar-refractivity contribution in [2.75, 3.05) is 18.5 Å². The molecule has 0 radical (unpaired) electrons. The standard InChI is InChI=1S/C19H27N3O/c1-2-3-10-18-16-9-5-4-8-15(16)17(12-20)19(22-18)21-13-14-7-6-11-23-14/h14H,2-11,13H2,1H3,(H,21,22). The van der Waals surface area contributed by atoms with Gasteiger partial charge in [0.05, 0.1) is 11.7 Å². The van der Waals surface area contributed by atoms with Crippen LogP contribution in [0.2, 0.25) is 0 Å². The van der Waals surface area contributed by atoms with Crippen LogP contribution < -0.4 is 5.32 Å². The van der Waals surface area contributed by atoms with Crippen LogP contribution in [0.1, 0.15) is 67.8 Å². The molecule has 0 aromatic carbocycles. The first kappa shape index (κ1) is 16.3. The minimum absolute atomic E-state index is 0.262. The topological polar surface area (TPSA) is 57.9 Å². The van der Waals surface area contributed by atoms with Crippen molar-refractivity contribution in [2.45, 2.75) is 70.8 Å². The van der Waals surface area contributed by atoms with Crippen LogP contribution >= 0.6 is 0 Å². The van der Waals surface area contributed by atoms with Gasteiger partial charge in [-0.1, -0.05) is 13.3 Å². The van der Waals surface area contributed by atoms with Crippen molar-refractivity contribution in [2.24, 2.45) is 0 Å². The van der Waals surface area contributed by atoms with E-state index in [1.807, 2.05) is 0 Å². The van der Waals surface area contributed by atoms with Gasteiger partial charge in [-0.25, -0.2) is 4.98 Å². The van der Waals surface area contributed by atoms with Gasteiger partial charge in [0.2, 0.25) is 0 Å². The maximum atomic E-state index is 9.67. The third-order valence-electron chi connectivity index (χ3n) is 5.00. The van der Waals surface area contributed by atoms with Crippen LogP contribution in [-0.4, -0.2) is 24.2 Å². The summed E-state index contributed by atoms with van der Waals surface area (Å²) in [6.07, 6.45) is 10.4. The summed E-state index contributed by atoms with van der Waals surface area (Å²) in [6.45, 7) is 3.83. The lowest BCUT2D eigenvalue weighted by Gasteiger charge is -2.23. The van der Waals surface area contributed by atoms with Crippen LogP contribution in [0.3, 0.4) is 0 Å². The predicted molar refractivity (Wildman–Crippen MR) is 91.7 cm³/mol. The van der Waals surface area contributed by atoms with Gasteiger partial charge in [0, 0.05) is 18.8 Å². The minimum atomic E-state index is 0.262. The van der Waals surface area contributed by atoms with Crippen LogP contribution in [0.4, 0.5) is 5.82 Å². The van der Waals surface area contributed by atoms with Gasteiger partial charge in [0.25, 0.3) is 0 Å². The summed E-state index contributed by atoms with van der Waals surface area (Å²) in [5.74, 6) is 0.787. The zero-order valence-electron chi connectivity index (χ0n) is 14.2. The van der Waals surface area contributed by atoms with Crippen molar-refractivity contribution in [3.8, 4) is 6.07 Å². The van der Waals surface area contributed by atoms with Crippen molar-refractivity contribution < 1.29 is 4.74 Å². The first-order valence-electron chi connectivity index (χ1n) is 9.13. The summed E-state index contributed by atoms with van der Waals surface area (Å²) in [6, 6.07) is 2.42. The highest BCUT2D eigenvalue weighted by atomic mass is 16.5. The summed E-state index contributed by atoms with van der Waals surface area (Å²) in [7, 11) is 0. The first-order valence-corrected chi connectivity index (χ1v) is 9.13. The molecule has 4 heteroatoms. The van der Waals surface area contributed by atoms with E-state index in [4.69, 9.17) is 9.72 Å². The zero-order chi connectivity index (χ0) is 16.1. The molecule has 0 spiro atoms. The summed E-state index contributed by atoms with van der Waals surface area (Å²) in [4.78, 5) is 4.87. The van der Waals surface area contributed by atoms with Crippen molar-refractivity contribution in [1.29, 1.82) is 5.26 Å². The lowest BCUT2D eigenvalue weighted by Crippen LogP contribution is -2.21. The fraction of sp³-hybridized carbons (Fsp3) is 0.684. The molecule has 23 heavy (non-hydrogen) atoms. The molecule has 2 aliphatic rings. The number of nitriles is 1. The van der Waals surface area contributed by atoms with E-state index in [1.54, 1.807) is 0 Å². The number of pyridine rings is 1. The Bertz CT molecular complexity index is 585. The quantitative estimate of drug-likeness (QED) is 0.868. The Morgan fingerprint density at radius 2 is 2.09 bits per heavy atom. The molecule has 1 aliphatic carbocycles. The van der Waals surface area contributed by atoms with Gasteiger partial charge in [-0.05, 0) is 62.5 Å². The molecule has 3 rings (SSSR count). The highest BCUT2D eigenvalue weighted by molar-refractivity contribution is 5.60. The van der Waals surface area contributed by atoms with Crippen molar-refractivity contribution in [1.82, 2.24) is 4.98 Å². The first-order chi connectivity index (χ1) is 11.3. The molecule has 0 amide bonds. The Labute approximate surface area is 139 Å². The molecule has 0 bridgehead atoms. The van der Waals surface area contributed by atoms with Crippen molar-refractivity contribution >= 4 is 5.82 Å². The Hall–Kier alpha value is -1.60. The highest BCUT2D eigenvalue weighted by Gasteiger charge is 2.23. The number of hydrogen-bond donors (Lipinski definition) is 1. The average molecular weight is 313 g/mol. The second kappa shape index (κ2) is 7.79. The molecule has 1 aromatic heterocycles. The zero-order valence-corrected chi connectivity index (χ0v) is 14.2. The largest absolute Gasteiger partial charge is 0.376 e. The number of aromatic nitrogens is 1. The van der Waals surface area contributed by atoms with E-state index in [-0.39, 0.29) is 6.10 Å². The molecular weight excluding hydrogens is 286 g/mol. The van der Waals surface area contributed by atoms with E-state index in [9.17, 15) is 5.26 Å². The third kappa shape index (κ3) is 3.67. The minimum Gasteiger partial charge on any atom is -0.376 e. The SMILES string of the molecule is CCCCc1nc(NCC2CCCO2)c(C#N)c2c1CCCC2. The number of fused-ring (bicyclic) bond motifs is 1. The number of ether oxygens (including phenoxy) is 1. The number of rotatable bonds is 6. The Kier molecular flexibility index (Phi) is 5.51. The van der Waals surface area contributed by atoms with Crippen LogP contribution in [0.5, 0.6) is 0 Å². The molecule has 1 atom stereocenters. The molecule has 124 valence electrons. The summed E-state index contributed by atoms with van der Waals surface area (Å²) in [5.41, 5.74) is 4.62. The van der Waals surface area contributed by atoms with Gasteiger partial charge in [-0.3, -0.25) is 0 Å². The molecule has 1 aliphatic heterocycles. The van der Waals surface area contributed by atoms with Gasteiger partial charge < -0.3 is 10.1 Å². The monoisotopic (exact) mass is 313 g/mol. The van der Waals surface area contributed by atoms with Crippen LogP contribution in [0.15, 0.2) is 0 Å². The molecule has 1 aromatic rings. The molecule has 0 saturated carbocycles. The summed E-state index contributed by atoms with van der Waals surface area (Å²) < 4.78 is 5.68. The molecule has 4 nitrogen and oxygen atoms in total. The van der Waals surface area contributed by atoms with E-state index >= 15 is 0 Å². The van der Waals surface area contributed by atoms with E-state index < -0.39 is 0 Å². The van der Waals surface area contributed by atoms with Gasteiger partial charge in [0.1, 0.15) is 11.9 Å². The second-order valence-corrected chi connectivity index (χ2v) is 6.68. The van der Waals surface area contributed by atoms with E-state index in [2.05, 4.69) is 18.3 Å². The molecule has 1 saturated heterocycles. The second-order valence-electron chi connectivity index (χ2n) is 6.68. The number of unbranched alkanes of at least 4 members (excludes halogenated alkanes) is 1. The maximum Gasteiger partial charge on any atom is 0.144 e. The van der Waals surface area contributed by atoms with E-state index in [1.165, 1.54) is 36.1 Å². The van der Waals surface area contributed by atoms with Crippen LogP contribution in [-0.2, 0) is 24.0 Å². The number of hydrogen-bond acceptors (Lipinski definition) is 4. The normalized spacial score (nSPS) is 20.1. The van der Waals surface area contributed by atoms with Crippen molar-refractivity contribution in [3.05, 3.63) is 22.4 Å². The summed E-state index contributed by atoms with van der Waals surface area (Å²) >= 11 is 0. The van der Waals surface area contributed by atoms with Gasteiger partial charge >= 0.3 is 0 Å². The third-order valence-corrected chi connectivity index (χ3v) is 5.00. The fourth-order valence-electron chi connectivity index (χ4n) is 3.72. The number of nitrogens with zero attached hydrogens (tertiary/aromatic N) is 2. The van der Waals surface area contributed by atoms with Gasteiger partial charge in [-0.15, -0.1) is 0 Å². The maximum absolute atomic E-state index is 9.67. The smallest absolute Gasteiger partial charge is 0.144 e. The van der Waals surface area contributed by atoms with Gasteiger partial charge in [-0.2, -0.15) is 5.26 Å². The van der Waals surface area contributed by atoms with Crippen LogP contribution in [0.25, 0.3) is 0 Å². The summed E-state index contributed by atoms with van der Waals surface area (Å²) in [5, 5.41) is 13.1. The lowest BCUT2D eigenvalue weighted by molar-refractivity contribution is 0.120. The number of anilines is 1. The Balaban J connectivity index is 1.88. The molecular formula is C19H27N3O. The fourth-order valence-corrected chi connectivity index (χ4v) is 3.72. The average Bonchev–Trinajstić information content (AvgIpc) is 3.11. The van der Waals surface area contributed by atoms with E-state index in [0.29, 0.717) is 0 Å². The molecule has 2 heterocycles. The lowest BCUT2D eigenvalue weighted by atomic mass is 9.86. The molecule has 1 fully saturated rings. The van der Waals surface area contributed by atoms with Crippen LogP contribution in [0, 0.1) is 11.3 Å². The highest BCUT2D eigenvalue weighted by Crippen LogP contribution is 2.31. The predicted octanol–water partition coefficient (Wildman–Crippen LogP) is 3.77. The number of aryl methyl sites for hydroxylation is 1. The number of nitrogens with one attached hydrogen (secondary N) is 1.